The van der Waals surface area contributed by atoms with E-state index in [1.54, 1.807) is 13.0 Å². The summed E-state index contributed by atoms with van der Waals surface area (Å²) < 4.78 is 1.36. The van der Waals surface area contributed by atoms with Gasteiger partial charge in [0.2, 0.25) is 0 Å². The molecule has 0 aliphatic heterocycles. The van der Waals surface area contributed by atoms with Crippen molar-refractivity contribution in [3.8, 4) is 0 Å². The van der Waals surface area contributed by atoms with E-state index in [1.807, 2.05) is 0 Å². The second kappa shape index (κ2) is 3.49. The van der Waals surface area contributed by atoms with Gasteiger partial charge in [-0.25, -0.2) is 4.98 Å². The Balaban J connectivity index is 2.57. The van der Waals surface area contributed by atoms with Gasteiger partial charge in [-0.2, -0.15) is 9.50 Å². The third-order valence-corrected chi connectivity index (χ3v) is 2.11. The molecule has 0 saturated heterocycles. The number of aryl methyl sites for hydroxylation is 1. The van der Waals surface area contributed by atoms with Gasteiger partial charge in [-0.1, -0.05) is 13.8 Å². The summed E-state index contributed by atoms with van der Waals surface area (Å²) in [4.78, 5) is 20.1. The number of fused-ring (bicyclic) bond motifs is 1. The maximum absolute atomic E-state index is 11.6. The maximum atomic E-state index is 11.6. The molecule has 2 aromatic heterocycles. The van der Waals surface area contributed by atoms with Gasteiger partial charge in [-0.15, -0.1) is 0 Å². The van der Waals surface area contributed by atoms with Gasteiger partial charge in [-0.05, 0) is 19.3 Å². The first kappa shape index (κ1) is 9.89. The van der Waals surface area contributed by atoms with E-state index >= 15 is 0 Å². The molecule has 0 atom stereocenters. The van der Waals surface area contributed by atoms with E-state index in [-0.39, 0.29) is 5.56 Å². The third-order valence-electron chi connectivity index (χ3n) is 2.11. The first-order chi connectivity index (χ1) is 7.06. The summed E-state index contributed by atoms with van der Waals surface area (Å²) in [6, 6.07) is 1.56. The first-order valence-electron chi connectivity index (χ1n) is 5.01. The molecular weight excluding hydrogens is 192 g/mol. The number of H-pyrrole nitrogens is 1. The van der Waals surface area contributed by atoms with Crippen LogP contribution in [0.1, 0.15) is 25.4 Å². The standard InChI is InChI=1S/C10H14N4O/c1-6(2)4-8-5-9(15)14-10(12-8)11-7(3)13-14/h5-6H,4H2,1-3H3,(H,11,12,13). The normalized spacial score (nSPS) is 11.5. The average molecular weight is 206 g/mol. The van der Waals surface area contributed by atoms with Crippen molar-refractivity contribution in [1.82, 2.24) is 19.6 Å². The predicted molar refractivity (Wildman–Crippen MR) is 56.9 cm³/mol. The van der Waals surface area contributed by atoms with Crippen LogP contribution in [0.15, 0.2) is 10.9 Å². The van der Waals surface area contributed by atoms with Crippen molar-refractivity contribution in [2.75, 3.05) is 0 Å². The van der Waals surface area contributed by atoms with E-state index in [1.165, 1.54) is 4.52 Å². The Morgan fingerprint density at radius 3 is 2.87 bits per heavy atom. The second-order valence-electron chi connectivity index (χ2n) is 4.13. The van der Waals surface area contributed by atoms with Crippen molar-refractivity contribution in [1.29, 1.82) is 0 Å². The molecule has 0 aliphatic rings. The van der Waals surface area contributed by atoms with E-state index in [0.29, 0.717) is 17.5 Å². The van der Waals surface area contributed by atoms with Crippen LogP contribution in [0, 0.1) is 12.8 Å². The largest absolute Gasteiger partial charge is 0.275 e. The summed E-state index contributed by atoms with van der Waals surface area (Å²) in [6.45, 7) is 5.99. The van der Waals surface area contributed by atoms with Crippen LogP contribution in [0.25, 0.3) is 5.78 Å². The van der Waals surface area contributed by atoms with Gasteiger partial charge in [0.05, 0.1) is 5.69 Å². The summed E-state index contributed by atoms with van der Waals surface area (Å²) in [6.07, 6.45) is 0.803. The lowest BCUT2D eigenvalue weighted by Crippen LogP contribution is -2.16. The molecule has 0 unspecified atom stereocenters. The minimum absolute atomic E-state index is 0.101. The number of hydrogen-bond acceptors (Lipinski definition) is 3. The van der Waals surface area contributed by atoms with Crippen LogP contribution in [0.5, 0.6) is 0 Å². The number of rotatable bonds is 2. The van der Waals surface area contributed by atoms with Gasteiger partial charge in [-0.3, -0.25) is 9.89 Å². The van der Waals surface area contributed by atoms with E-state index < -0.39 is 0 Å². The van der Waals surface area contributed by atoms with Crippen LogP contribution in [0.3, 0.4) is 0 Å². The van der Waals surface area contributed by atoms with E-state index in [4.69, 9.17) is 0 Å². The Hall–Kier alpha value is -1.65. The number of nitrogens with one attached hydrogen (secondary N) is 1. The smallest absolute Gasteiger partial charge is 0.274 e. The molecule has 0 fully saturated rings. The number of hydrogen-bond donors (Lipinski definition) is 1. The zero-order chi connectivity index (χ0) is 11.0. The molecule has 0 radical (unpaired) electrons. The van der Waals surface area contributed by atoms with E-state index in [9.17, 15) is 4.79 Å². The Kier molecular flexibility index (Phi) is 2.30. The highest BCUT2D eigenvalue weighted by molar-refractivity contribution is 5.27. The van der Waals surface area contributed by atoms with Crippen LogP contribution in [-0.4, -0.2) is 19.6 Å². The summed E-state index contributed by atoms with van der Waals surface area (Å²) in [5, 5.41) is 2.84. The topological polar surface area (TPSA) is 63.1 Å². The van der Waals surface area contributed by atoms with Crippen molar-refractivity contribution in [3.63, 3.8) is 0 Å². The minimum atomic E-state index is -0.101. The Labute approximate surface area is 87.2 Å². The lowest BCUT2D eigenvalue weighted by molar-refractivity contribution is 0.633. The van der Waals surface area contributed by atoms with Gasteiger partial charge in [0, 0.05) is 6.07 Å². The van der Waals surface area contributed by atoms with Crippen molar-refractivity contribution in [2.24, 2.45) is 5.92 Å². The molecule has 0 bridgehead atoms. The molecular formula is C10H14N4O. The SMILES string of the molecule is Cc1nc2nc(CC(C)C)cc(=O)n2[nH]1. The predicted octanol–water partition coefficient (Wildman–Crippen LogP) is 0.925. The molecule has 2 heterocycles. The monoisotopic (exact) mass is 206 g/mol. The van der Waals surface area contributed by atoms with E-state index in [0.717, 1.165) is 12.1 Å². The highest BCUT2D eigenvalue weighted by Crippen LogP contribution is 2.04. The molecule has 5 nitrogen and oxygen atoms in total. The van der Waals surface area contributed by atoms with E-state index in [2.05, 4.69) is 28.9 Å². The zero-order valence-electron chi connectivity index (χ0n) is 9.11. The molecule has 0 amide bonds. The fourth-order valence-electron chi connectivity index (χ4n) is 1.56. The molecule has 5 heteroatoms. The van der Waals surface area contributed by atoms with Crippen LogP contribution in [0.4, 0.5) is 0 Å². The van der Waals surface area contributed by atoms with Crippen molar-refractivity contribution in [3.05, 3.63) is 27.9 Å². The van der Waals surface area contributed by atoms with Crippen LogP contribution in [-0.2, 0) is 6.42 Å². The minimum Gasteiger partial charge on any atom is -0.275 e. The maximum Gasteiger partial charge on any atom is 0.274 e. The van der Waals surface area contributed by atoms with Crippen LogP contribution < -0.4 is 5.56 Å². The molecule has 0 spiro atoms. The average Bonchev–Trinajstić information content (AvgIpc) is 2.44. The summed E-state index contributed by atoms with van der Waals surface area (Å²) in [7, 11) is 0. The van der Waals surface area contributed by atoms with Gasteiger partial charge in [0.25, 0.3) is 11.3 Å². The Morgan fingerprint density at radius 1 is 1.47 bits per heavy atom. The molecule has 0 saturated carbocycles. The van der Waals surface area contributed by atoms with Gasteiger partial charge in [0.1, 0.15) is 5.82 Å². The molecule has 80 valence electrons. The van der Waals surface area contributed by atoms with Crippen LogP contribution in [0.2, 0.25) is 0 Å². The molecule has 15 heavy (non-hydrogen) atoms. The summed E-state index contributed by atoms with van der Waals surface area (Å²) in [5.74, 6) is 1.64. The molecule has 2 aromatic rings. The number of aromatic nitrogens is 4. The van der Waals surface area contributed by atoms with Gasteiger partial charge < -0.3 is 0 Å². The fourth-order valence-corrected chi connectivity index (χ4v) is 1.56. The van der Waals surface area contributed by atoms with Gasteiger partial charge >= 0.3 is 0 Å². The number of aromatic amines is 1. The second-order valence-corrected chi connectivity index (χ2v) is 4.13. The van der Waals surface area contributed by atoms with Crippen molar-refractivity contribution >= 4 is 5.78 Å². The fraction of sp³-hybridized carbons (Fsp3) is 0.500. The zero-order valence-corrected chi connectivity index (χ0v) is 9.11. The molecule has 0 aromatic carbocycles. The highest BCUT2D eigenvalue weighted by Gasteiger charge is 2.06. The van der Waals surface area contributed by atoms with Crippen LogP contribution >= 0.6 is 0 Å². The molecule has 0 aliphatic carbocycles. The Bertz CT molecular complexity index is 538. The molecule has 2 rings (SSSR count). The molecule has 1 N–H and O–H groups in total. The lowest BCUT2D eigenvalue weighted by atomic mass is 10.1. The summed E-state index contributed by atoms with van der Waals surface area (Å²) >= 11 is 0. The quantitative estimate of drug-likeness (QED) is 0.794. The first-order valence-corrected chi connectivity index (χ1v) is 5.01. The van der Waals surface area contributed by atoms with Crippen molar-refractivity contribution in [2.45, 2.75) is 27.2 Å². The summed E-state index contributed by atoms with van der Waals surface area (Å²) in [5.41, 5.74) is 0.706. The van der Waals surface area contributed by atoms with Crippen molar-refractivity contribution < 1.29 is 0 Å². The Morgan fingerprint density at radius 2 is 2.20 bits per heavy atom. The third kappa shape index (κ3) is 1.91. The number of nitrogens with zero attached hydrogens (tertiary/aromatic N) is 3. The lowest BCUT2D eigenvalue weighted by Gasteiger charge is -2.02. The highest BCUT2D eigenvalue weighted by atomic mass is 16.1. The van der Waals surface area contributed by atoms with Gasteiger partial charge in [0.15, 0.2) is 0 Å².